The Morgan fingerprint density at radius 2 is 1.76 bits per heavy atom. The minimum atomic E-state index is -0.143. The van der Waals surface area contributed by atoms with E-state index < -0.39 is 0 Å². The van der Waals surface area contributed by atoms with E-state index in [1.807, 2.05) is 6.07 Å². The lowest BCUT2D eigenvalue weighted by atomic mass is 9.79. The monoisotopic (exact) mass is 399 g/mol. The first-order valence-electron chi connectivity index (χ1n) is 11.8. The molecule has 0 atom stereocenters. The zero-order chi connectivity index (χ0) is 20.4. The molecule has 4 rings (SSSR count). The Kier molecular flexibility index (Phi) is 6.60. The van der Waals surface area contributed by atoms with Gasteiger partial charge < -0.3 is 15.2 Å². The first kappa shape index (κ1) is 20.9. The SMILES string of the molecule is CC(C)C1CCC(N2CCC(n3cc(CCCN)c4cc(F)ccc43)CC2)CC1. The van der Waals surface area contributed by atoms with Crippen molar-refractivity contribution >= 4 is 10.9 Å². The van der Waals surface area contributed by atoms with Crippen molar-refractivity contribution in [1.29, 1.82) is 0 Å². The molecule has 1 aromatic heterocycles. The minimum absolute atomic E-state index is 0.143. The molecule has 0 bridgehead atoms. The number of hydrogen-bond donors (Lipinski definition) is 1. The van der Waals surface area contributed by atoms with Crippen LogP contribution in [-0.2, 0) is 6.42 Å². The number of rotatable bonds is 6. The first-order chi connectivity index (χ1) is 14.1. The highest BCUT2D eigenvalue weighted by Gasteiger charge is 2.30. The summed E-state index contributed by atoms with van der Waals surface area (Å²) in [4.78, 5) is 2.76. The van der Waals surface area contributed by atoms with E-state index in [1.165, 1.54) is 62.7 Å². The van der Waals surface area contributed by atoms with Crippen molar-refractivity contribution in [2.24, 2.45) is 17.6 Å². The standard InChI is InChI=1S/C25H38FN3/c1-18(2)19-5-8-22(9-6-19)28-14-11-23(12-15-28)29-17-20(4-3-13-27)24-16-21(26)7-10-25(24)29/h7,10,16-19,22-23H,3-6,8-9,11-15,27H2,1-2H3. The number of piperidine rings is 1. The maximum Gasteiger partial charge on any atom is 0.123 e. The van der Waals surface area contributed by atoms with Gasteiger partial charge in [0.05, 0.1) is 0 Å². The average molecular weight is 400 g/mol. The van der Waals surface area contributed by atoms with Gasteiger partial charge in [0.15, 0.2) is 0 Å². The molecule has 29 heavy (non-hydrogen) atoms. The maximum atomic E-state index is 13.9. The number of fused-ring (bicyclic) bond motifs is 1. The molecule has 1 aliphatic heterocycles. The number of likely N-dealkylation sites (tertiary alicyclic amines) is 1. The number of aryl methyl sites for hydroxylation is 1. The molecule has 0 amide bonds. The lowest BCUT2D eigenvalue weighted by molar-refractivity contribution is 0.0894. The Labute approximate surface area is 175 Å². The van der Waals surface area contributed by atoms with Gasteiger partial charge in [0.25, 0.3) is 0 Å². The predicted octanol–water partition coefficient (Wildman–Crippen LogP) is 5.52. The average Bonchev–Trinajstić information content (AvgIpc) is 3.10. The van der Waals surface area contributed by atoms with Crippen LogP contribution in [-0.4, -0.2) is 35.1 Å². The molecular weight excluding hydrogens is 361 g/mol. The molecule has 2 aromatic rings. The highest BCUT2D eigenvalue weighted by molar-refractivity contribution is 5.84. The van der Waals surface area contributed by atoms with Crippen molar-refractivity contribution in [1.82, 2.24) is 9.47 Å². The quantitative estimate of drug-likeness (QED) is 0.694. The number of nitrogens with zero attached hydrogens (tertiary/aromatic N) is 2. The van der Waals surface area contributed by atoms with Crippen LogP contribution >= 0.6 is 0 Å². The van der Waals surface area contributed by atoms with Crippen LogP contribution in [0.25, 0.3) is 10.9 Å². The van der Waals surface area contributed by atoms with Gasteiger partial charge in [-0.2, -0.15) is 0 Å². The van der Waals surface area contributed by atoms with Crippen LogP contribution in [0.3, 0.4) is 0 Å². The fourth-order valence-corrected chi connectivity index (χ4v) is 5.75. The highest BCUT2D eigenvalue weighted by atomic mass is 19.1. The molecular formula is C25H38FN3. The normalized spacial score (nSPS) is 24.6. The molecule has 160 valence electrons. The number of aromatic nitrogens is 1. The number of halogens is 1. The van der Waals surface area contributed by atoms with Gasteiger partial charge in [-0.15, -0.1) is 0 Å². The molecule has 0 radical (unpaired) electrons. The number of hydrogen-bond acceptors (Lipinski definition) is 2. The van der Waals surface area contributed by atoms with E-state index in [4.69, 9.17) is 5.73 Å². The van der Waals surface area contributed by atoms with Gasteiger partial charge in [-0.05, 0) is 93.5 Å². The van der Waals surface area contributed by atoms with Gasteiger partial charge in [0, 0.05) is 42.3 Å². The van der Waals surface area contributed by atoms with Gasteiger partial charge in [0.1, 0.15) is 5.82 Å². The summed E-state index contributed by atoms with van der Waals surface area (Å²) in [6.07, 6.45) is 12.1. The number of nitrogens with two attached hydrogens (primary N) is 1. The third-order valence-corrected chi connectivity index (χ3v) is 7.62. The van der Waals surface area contributed by atoms with Crippen LogP contribution in [0.5, 0.6) is 0 Å². The van der Waals surface area contributed by atoms with E-state index in [0.29, 0.717) is 12.6 Å². The lowest BCUT2D eigenvalue weighted by Gasteiger charge is -2.42. The summed E-state index contributed by atoms with van der Waals surface area (Å²) < 4.78 is 16.3. The molecule has 4 heteroatoms. The molecule has 2 aliphatic rings. The van der Waals surface area contributed by atoms with Gasteiger partial charge in [0.2, 0.25) is 0 Å². The van der Waals surface area contributed by atoms with E-state index in [-0.39, 0.29) is 5.82 Å². The first-order valence-corrected chi connectivity index (χ1v) is 11.8. The smallest absolute Gasteiger partial charge is 0.123 e. The molecule has 0 unspecified atom stereocenters. The Morgan fingerprint density at radius 1 is 1.03 bits per heavy atom. The van der Waals surface area contributed by atoms with Crippen LogP contribution in [0, 0.1) is 17.7 Å². The Balaban J connectivity index is 1.43. The van der Waals surface area contributed by atoms with Crippen molar-refractivity contribution in [2.45, 2.75) is 77.3 Å². The molecule has 2 fully saturated rings. The van der Waals surface area contributed by atoms with Crippen LogP contribution in [0.15, 0.2) is 24.4 Å². The van der Waals surface area contributed by atoms with E-state index in [2.05, 4.69) is 29.5 Å². The summed E-state index contributed by atoms with van der Waals surface area (Å²) in [6.45, 7) is 7.83. The molecule has 1 saturated carbocycles. The van der Waals surface area contributed by atoms with Crippen LogP contribution in [0.2, 0.25) is 0 Å². The molecule has 0 spiro atoms. The second-order valence-corrected chi connectivity index (χ2v) is 9.70. The molecule has 1 saturated heterocycles. The van der Waals surface area contributed by atoms with Crippen molar-refractivity contribution in [3.05, 3.63) is 35.8 Å². The van der Waals surface area contributed by atoms with E-state index in [1.54, 1.807) is 12.1 Å². The van der Waals surface area contributed by atoms with E-state index >= 15 is 0 Å². The fourth-order valence-electron chi connectivity index (χ4n) is 5.75. The molecule has 2 heterocycles. The zero-order valence-corrected chi connectivity index (χ0v) is 18.2. The second kappa shape index (κ2) is 9.18. The van der Waals surface area contributed by atoms with Crippen molar-refractivity contribution in [2.75, 3.05) is 19.6 Å². The summed E-state index contributed by atoms with van der Waals surface area (Å²) in [6, 6.07) is 6.60. The predicted molar refractivity (Wildman–Crippen MR) is 120 cm³/mol. The summed E-state index contributed by atoms with van der Waals surface area (Å²) in [5.74, 6) is 1.63. The van der Waals surface area contributed by atoms with Gasteiger partial charge in [-0.25, -0.2) is 4.39 Å². The van der Waals surface area contributed by atoms with Gasteiger partial charge >= 0.3 is 0 Å². The third-order valence-electron chi connectivity index (χ3n) is 7.62. The largest absolute Gasteiger partial charge is 0.344 e. The van der Waals surface area contributed by atoms with Crippen molar-refractivity contribution < 1.29 is 4.39 Å². The maximum absolute atomic E-state index is 13.9. The summed E-state index contributed by atoms with van der Waals surface area (Å²) in [5, 5.41) is 1.08. The lowest BCUT2D eigenvalue weighted by Crippen LogP contribution is -2.43. The summed E-state index contributed by atoms with van der Waals surface area (Å²) >= 11 is 0. The van der Waals surface area contributed by atoms with Crippen LogP contribution in [0.4, 0.5) is 4.39 Å². The topological polar surface area (TPSA) is 34.2 Å². The Morgan fingerprint density at radius 3 is 2.41 bits per heavy atom. The molecule has 1 aliphatic carbocycles. The molecule has 1 aromatic carbocycles. The third kappa shape index (κ3) is 4.54. The van der Waals surface area contributed by atoms with E-state index in [9.17, 15) is 4.39 Å². The Hall–Kier alpha value is -1.39. The highest BCUT2D eigenvalue weighted by Crippen LogP contribution is 2.36. The van der Waals surface area contributed by atoms with Crippen molar-refractivity contribution in [3.63, 3.8) is 0 Å². The summed E-state index contributed by atoms with van der Waals surface area (Å²) in [5.41, 5.74) is 8.16. The van der Waals surface area contributed by atoms with Crippen molar-refractivity contribution in [3.8, 4) is 0 Å². The minimum Gasteiger partial charge on any atom is -0.344 e. The van der Waals surface area contributed by atoms with Crippen LogP contribution < -0.4 is 5.73 Å². The zero-order valence-electron chi connectivity index (χ0n) is 18.2. The molecule has 3 nitrogen and oxygen atoms in total. The van der Waals surface area contributed by atoms with Gasteiger partial charge in [-0.1, -0.05) is 13.8 Å². The summed E-state index contributed by atoms with van der Waals surface area (Å²) in [7, 11) is 0. The number of benzene rings is 1. The van der Waals surface area contributed by atoms with Crippen LogP contribution in [0.1, 0.15) is 70.4 Å². The Bertz CT molecular complexity index is 796. The molecule has 2 N–H and O–H groups in total. The second-order valence-electron chi connectivity index (χ2n) is 9.70. The fraction of sp³-hybridized carbons (Fsp3) is 0.680. The van der Waals surface area contributed by atoms with E-state index in [0.717, 1.165) is 36.1 Å². The van der Waals surface area contributed by atoms with Gasteiger partial charge in [-0.3, -0.25) is 0 Å².